The van der Waals surface area contributed by atoms with Gasteiger partial charge in [-0.1, -0.05) is 42.1 Å². The predicted molar refractivity (Wildman–Crippen MR) is 128 cm³/mol. The van der Waals surface area contributed by atoms with E-state index in [-0.39, 0.29) is 11.7 Å². The Morgan fingerprint density at radius 3 is 2.55 bits per heavy atom. The minimum atomic E-state index is -0.591. The number of anilines is 1. The molecule has 4 rings (SSSR count). The number of thioether (sulfide) groups is 1. The predicted octanol–water partition coefficient (Wildman–Crippen LogP) is 5.43. The van der Waals surface area contributed by atoms with Crippen LogP contribution in [0.3, 0.4) is 0 Å². The SMILES string of the molecule is Cc1csc(NC(=O)C(C)Sc2nnc(C(C)Oc3ccccc3F)n2-c2ccccc2)n1. The Labute approximate surface area is 199 Å². The summed E-state index contributed by atoms with van der Waals surface area (Å²) < 4.78 is 21.8. The van der Waals surface area contributed by atoms with Gasteiger partial charge in [0.25, 0.3) is 0 Å². The number of carbonyl (C=O) groups excluding carboxylic acids is 1. The summed E-state index contributed by atoms with van der Waals surface area (Å²) >= 11 is 2.65. The van der Waals surface area contributed by atoms with E-state index in [0.29, 0.717) is 16.1 Å². The summed E-state index contributed by atoms with van der Waals surface area (Å²) in [7, 11) is 0. The van der Waals surface area contributed by atoms with Gasteiger partial charge in [-0.2, -0.15) is 0 Å². The molecule has 0 spiro atoms. The number of para-hydroxylation sites is 2. The van der Waals surface area contributed by atoms with Gasteiger partial charge in [0.05, 0.1) is 10.9 Å². The summed E-state index contributed by atoms with van der Waals surface area (Å²) in [4.78, 5) is 17.0. The Bertz CT molecular complexity index is 1240. The second kappa shape index (κ2) is 10.1. The van der Waals surface area contributed by atoms with Crippen LogP contribution in [0.15, 0.2) is 65.1 Å². The van der Waals surface area contributed by atoms with Gasteiger partial charge in [0.1, 0.15) is 0 Å². The molecule has 1 amide bonds. The highest BCUT2D eigenvalue weighted by atomic mass is 32.2. The van der Waals surface area contributed by atoms with Crippen LogP contribution in [-0.2, 0) is 4.79 Å². The summed E-state index contributed by atoms with van der Waals surface area (Å²) in [6, 6.07) is 15.8. The highest BCUT2D eigenvalue weighted by Gasteiger charge is 2.25. The average Bonchev–Trinajstić information content (AvgIpc) is 3.41. The molecule has 0 aliphatic rings. The number of nitrogens with zero attached hydrogens (tertiary/aromatic N) is 4. The van der Waals surface area contributed by atoms with E-state index in [2.05, 4.69) is 20.5 Å². The van der Waals surface area contributed by atoms with Gasteiger partial charge in [-0.15, -0.1) is 21.5 Å². The first-order valence-electron chi connectivity index (χ1n) is 10.2. The summed E-state index contributed by atoms with van der Waals surface area (Å²) in [5.74, 6) is -0.00924. The molecule has 0 fully saturated rings. The molecular formula is C23H22FN5O2S2. The van der Waals surface area contributed by atoms with E-state index in [1.54, 1.807) is 32.0 Å². The highest BCUT2D eigenvalue weighted by molar-refractivity contribution is 8.00. The van der Waals surface area contributed by atoms with Crippen molar-refractivity contribution >= 4 is 34.1 Å². The number of rotatable bonds is 8. The number of aryl methyl sites for hydroxylation is 1. The van der Waals surface area contributed by atoms with Crippen molar-refractivity contribution in [3.8, 4) is 11.4 Å². The normalized spacial score (nSPS) is 12.8. The number of nitrogens with one attached hydrogen (secondary N) is 1. The Morgan fingerprint density at radius 2 is 1.85 bits per heavy atom. The molecule has 0 aliphatic heterocycles. The lowest BCUT2D eigenvalue weighted by molar-refractivity contribution is -0.115. The molecular weight excluding hydrogens is 461 g/mol. The van der Waals surface area contributed by atoms with Gasteiger partial charge in [0.15, 0.2) is 33.8 Å². The van der Waals surface area contributed by atoms with Crippen molar-refractivity contribution in [1.29, 1.82) is 0 Å². The molecule has 0 bridgehead atoms. The molecule has 33 heavy (non-hydrogen) atoms. The fraction of sp³-hybridized carbons (Fsp3) is 0.217. The zero-order valence-corrected chi connectivity index (χ0v) is 19.9. The van der Waals surface area contributed by atoms with E-state index in [1.165, 1.54) is 29.2 Å². The van der Waals surface area contributed by atoms with E-state index >= 15 is 0 Å². The lowest BCUT2D eigenvalue weighted by Crippen LogP contribution is -2.23. The van der Waals surface area contributed by atoms with E-state index in [9.17, 15) is 9.18 Å². The fourth-order valence-electron chi connectivity index (χ4n) is 3.05. The Hall–Kier alpha value is -3.24. The molecule has 0 aliphatic carbocycles. The van der Waals surface area contributed by atoms with Crippen molar-refractivity contribution in [3.63, 3.8) is 0 Å². The third kappa shape index (κ3) is 5.40. The molecule has 2 aromatic carbocycles. The molecule has 10 heteroatoms. The molecule has 2 aromatic heterocycles. The van der Waals surface area contributed by atoms with E-state index in [1.807, 2.05) is 47.2 Å². The number of benzene rings is 2. The maximum atomic E-state index is 14.1. The van der Waals surface area contributed by atoms with Gasteiger partial charge in [0.2, 0.25) is 5.91 Å². The van der Waals surface area contributed by atoms with E-state index < -0.39 is 17.2 Å². The molecule has 170 valence electrons. The van der Waals surface area contributed by atoms with Crippen LogP contribution in [0.25, 0.3) is 5.69 Å². The molecule has 2 atom stereocenters. The molecule has 0 saturated carbocycles. The van der Waals surface area contributed by atoms with Crippen LogP contribution in [0.2, 0.25) is 0 Å². The first-order chi connectivity index (χ1) is 15.9. The van der Waals surface area contributed by atoms with Crippen LogP contribution >= 0.6 is 23.1 Å². The largest absolute Gasteiger partial charge is 0.480 e. The lowest BCUT2D eigenvalue weighted by atomic mass is 10.3. The summed E-state index contributed by atoms with van der Waals surface area (Å²) in [6.45, 7) is 5.45. The van der Waals surface area contributed by atoms with Crippen molar-refractivity contribution in [1.82, 2.24) is 19.7 Å². The van der Waals surface area contributed by atoms with Crippen molar-refractivity contribution < 1.29 is 13.9 Å². The average molecular weight is 484 g/mol. The second-order valence-corrected chi connectivity index (χ2v) is 9.41. The third-order valence-corrected chi connectivity index (χ3v) is 6.60. The maximum absolute atomic E-state index is 14.1. The van der Waals surface area contributed by atoms with Crippen LogP contribution < -0.4 is 10.1 Å². The van der Waals surface area contributed by atoms with Crippen LogP contribution in [0, 0.1) is 12.7 Å². The molecule has 2 heterocycles. The number of hydrogen-bond donors (Lipinski definition) is 1. The third-order valence-electron chi connectivity index (χ3n) is 4.68. The standard InChI is InChI=1S/C23H22FN5O2S2/c1-14-13-32-22(25-14)26-21(30)16(3)33-23-28-27-20(29(23)17-9-5-4-6-10-17)15(2)31-19-12-8-7-11-18(19)24/h4-13,15-16H,1-3H3,(H,25,26,30). The van der Waals surface area contributed by atoms with Gasteiger partial charge < -0.3 is 10.1 Å². The van der Waals surface area contributed by atoms with E-state index in [0.717, 1.165) is 11.4 Å². The molecule has 1 N–H and O–H groups in total. The van der Waals surface area contributed by atoms with Crippen LogP contribution in [0.4, 0.5) is 9.52 Å². The first-order valence-corrected chi connectivity index (χ1v) is 12.0. The van der Waals surface area contributed by atoms with Crippen molar-refractivity contribution in [2.45, 2.75) is 37.3 Å². The lowest BCUT2D eigenvalue weighted by Gasteiger charge is -2.17. The molecule has 7 nitrogen and oxygen atoms in total. The molecule has 4 aromatic rings. The Balaban J connectivity index is 1.59. The number of hydrogen-bond acceptors (Lipinski definition) is 7. The number of ether oxygens (including phenoxy) is 1. The van der Waals surface area contributed by atoms with Crippen molar-refractivity contribution in [2.24, 2.45) is 0 Å². The van der Waals surface area contributed by atoms with Gasteiger partial charge in [-0.25, -0.2) is 9.37 Å². The summed E-state index contributed by atoms with van der Waals surface area (Å²) in [5.41, 5.74) is 1.67. The topological polar surface area (TPSA) is 81.9 Å². The van der Waals surface area contributed by atoms with E-state index in [4.69, 9.17) is 4.74 Å². The van der Waals surface area contributed by atoms with Gasteiger partial charge in [-0.3, -0.25) is 9.36 Å². The summed E-state index contributed by atoms with van der Waals surface area (Å²) in [5, 5.41) is 14.0. The summed E-state index contributed by atoms with van der Waals surface area (Å²) in [6.07, 6.45) is -0.591. The molecule has 2 unspecified atom stereocenters. The maximum Gasteiger partial charge on any atom is 0.239 e. The first kappa shape index (κ1) is 22.9. The minimum absolute atomic E-state index is 0.133. The number of carbonyl (C=O) groups is 1. The fourth-order valence-corrected chi connectivity index (χ4v) is 4.62. The highest BCUT2D eigenvalue weighted by Crippen LogP contribution is 2.31. The van der Waals surface area contributed by atoms with Gasteiger partial charge >= 0.3 is 0 Å². The quantitative estimate of drug-likeness (QED) is 0.337. The number of amides is 1. The number of halogens is 1. The zero-order valence-electron chi connectivity index (χ0n) is 18.2. The van der Waals surface area contributed by atoms with Crippen LogP contribution in [0.5, 0.6) is 5.75 Å². The number of aromatic nitrogens is 4. The number of thiazole rings is 1. The smallest absolute Gasteiger partial charge is 0.239 e. The van der Waals surface area contributed by atoms with Crippen molar-refractivity contribution in [3.05, 3.63) is 77.3 Å². The zero-order chi connectivity index (χ0) is 23.4. The van der Waals surface area contributed by atoms with Crippen molar-refractivity contribution in [2.75, 3.05) is 5.32 Å². The molecule has 0 radical (unpaired) electrons. The van der Waals surface area contributed by atoms with Gasteiger partial charge in [-0.05, 0) is 45.0 Å². The van der Waals surface area contributed by atoms with Gasteiger partial charge in [0, 0.05) is 11.1 Å². The Kier molecular flexibility index (Phi) is 7.05. The Morgan fingerprint density at radius 1 is 1.12 bits per heavy atom. The van der Waals surface area contributed by atoms with Crippen LogP contribution in [0.1, 0.15) is 31.5 Å². The minimum Gasteiger partial charge on any atom is -0.480 e. The van der Waals surface area contributed by atoms with Crippen LogP contribution in [-0.4, -0.2) is 30.9 Å². The second-order valence-electron chi connectivity index (χ2n) is 7.25. The monoisotopic (exact) mass is 483 g/mol. The molecule has 0 saturated heterocycles.